The molecule has 0 aliphatic heterocycles. The molecule has 0 unspecified atom stereocenters. The number of hydrogen-bond donors (Lipinski definition) is 2. The molecular formula is C10H12BrF2NO3S. The number of alkyl halides is 2. The summed E-state index contributed by atoms with van der Waals surface area (Å²) in [5.41, 5.74) is 0.443. The van der Waals surface area contributed by atoms with Crippen LogP contribution in [0, 0.1) is 6.92 Å². The fourth-order valence-electron chi connectivity index (χ4n) is 1.20. The van der Waals surface area contributed by atoms with Crippen molar-refractivity contribution in [1.29, 1.82) is 0 Å². The first kappa shape index (κ1) is 15.5. The largest absolute Gasteiger partial charge is 0.390 e. The van der Waals surface area contributed by atoms with Gasteiger partial charge in [0.2, 0.25) is 10.0 Å². The van der Waals surface area contributed by atoms with Gasteiger partial charge < -0.3 is 5.11 Å². The molecular weight excluding hydrogens is 332 g/mol. The van der Waals surface area contributed by atoms with Crippen LogP contribution in [0.2, 0.25) is 0 Å². The van der Waals surface area contributed by atoms with Crippen molar-refractivity contribution >= 4 is 26.0 Å². The van der Waals surface area contributed by atoms with E-state index in [-0.39, 0.29) is 4.90 Å². The molecule has 0 heterocycles. The summed E-state index contributed by atoms with van der Waals surface area (Å²) in [5.74, 6) is -3.48. The first-order valence-electron chi connectivity index (χ1n) is 4.92. The SMILES string of the molecule is Cc1ccc(Br)cc1S(=O)(=O)NCC(F)(F)CO. The Morgan fingerprint density at radius 2 is 2.06 bits per heavy atom. The molecule has 4 nitrogen and oxygen atoms in total. The summed E-state index contributed by atoms with van der Waals surface area (Å²) in [6.07, 6.45) is 0. The van der Waals surface area contributed by atoms with Gasteiger partial charge in [0.25, 0.3) is 5.92 Å². The van der Waals surface area contributed by atoms with E-state index in [4.69, 9.17) is 5.11 Å². The van der Waals surface area contributed by atoms with Crippen LogP contribution in [0.5, 0.6) is 0 Å². The minimum Gasteiger partial charge on any atom is -0.390 e. The van der Waals surface area contributed by atoms with E-state index in [0.717, 1.165) is 0 Å². The molecule has 0 amide bonds. The number of rotatable bonds is 5. The van der Waals surface area contributed by atoms with Crippen LogP contribution in [0.15, 0.2) is 27.6 Å². The van der Waals surface area contributed by atoms with Crippen LogP contribution < -0.4 is 4.72 Å². The van der Waals surface area contributed by atoms with Crippen LogP contribution in [-0.2, 0) is 10.0 Å². The number of hydrogen-bond acceptors (Lipinski definition) is 3. The Balaban J connectivity index is 2.97. The van der Waals surface area contributed by atoms with Gasteiger partial charge in [-0.3, -0.25) is 0 Å². The van der Waals surface area contributed by atoms with Crippen molar-refractivity contribution in [3.8, 4) is 0 Å². The average Bonchev–Trinajstić information content (AvgIpc) is 2.30. The lowest BCUT2D eigenvalue weighted by atomic mass is 10.2. The van der Waals surface area contributed by atoms with Crippen molar-refractivity contribution in [2.75, 3.05) is 13.2 Å². The highest BCUT2D eigenvalue weighted by atomic mass is 79.9. The van der Waals surface area contributed by atoms with Crippen LogP contribution in [0.4, 0.5) is 8.78 Å². The molecule has 0 fully saturated rings. The van der Waals surface area contributed by atoms with Crippen molar-refractivity contribution in [3.63, 3.8) is 0 Å². The maximum Gasteiger partial charge on any atom is 0.283 e. The van der Waals surface area contributed by atoms with Gasteiger partial charge in [-0.25, -0.2) is 21.9 Å². The highest BCUT2D eigenvalue weighted by molar-refractivity contribution is 9.10. The summed E-state index contributed by atoms with van der Waals surface area (Å²) in [6.45, 7) is -0.990. The predicted octanol–water partition coefficient (Wildman–Crippen LogP) is 1.66. The Kier molecular flexibility index (Phi) is 4.82. The lowest BCUT2D eigenvalue weighted by molar-refractivity contribution is -0.0437. The monoisotopic (exact) mass is 343 g/mol. The van der Waals surface area contributed by atoms with Crippen LogP contribution in [0.3, 0.4) is 0 Å². The summed E-state index contributed by atoms with van der Waals surface area (Å²) in [5, 5.41) is 8.37. The number of aryl methyl sites for hydroxylation is 1. The number of aliphatic hydroxyl groups is 1. The van der Waals surface area contributed by atoms with E-state index in [1.165, 1.54) is 6.07 Å². The quantitative estimate of drug-likeness (QED) is 0.854. The van der Waals surface area contributed by atoms with E-state index in [0.29, 0.717) is 10.0 Å². The third kappa shape index (κ3) is 3.98. The molecule has 102 valence electrons. The molecule has 0 atom stereocenters. The first-order chi connectivity index (χ1) is 8.18. The molecule has 0 aliphatic rings. The van der Waals surface area contributed by atoms with E-state index in [1.807, 2.05) is 0 Å². The maximum absolute atomic E-state index is 12.8. The highest BCUT2D eigenvalue weighted by Crippen LogP contribution is 2.21. The Morgan fingerprint density at radius 1 is 1.44 bits per heavy atom. The van der Waals surface area contributed by atoms with Gasteiger partial charge in [-0.1, -0.05) is 22.0 Å². The smallest absolute Gasteiger partial charge is 0.283 e. The summed E-state index contributed by atoms with van der Waals surface area (Å²) in [4.78, 5) is -0.0781. The highest BCUT2D eigenvalue weighted by Gasteiger charge is 2.30. The number of aliphatic hydroxyl groups excluding tert-OH is 1. The number of sulfonamides is 1. The third-order valence-corrected chi connectivity index (χ3v) is 4.23. The van der Waals surface area contributed by atoms with Crippen molar-refractivity contribution in [3.05, 3.63) is 28.2 Å². The van der Waals surface area contributed by atoms with Crippen LogP contribution >= 0.6 is 15.9 Å². The zero-order valence-electron chi connectivity index (χ0n) is 9.45. The molecule has 2 N–H and O–H groups in total. The Morgan fingerprint density at radius 3 is 2.61 bits per heavy atom. The Bertz CT molecular complexity index is 534. The maximum atomic E-state index is 12.8. The van der Waals surface area contributed by atoms with E-state index < -0.39 is 29.1 Å². The van der Waals surface area contributed by atoms with Crippen molar-refractivity contribution in [2.24, 2.45) is 0 Å². The number of benzene rings is 1. The number of nitrogens with one attached hydrogen (secondary N) is 1. The first-order valence-corrected chi connectivity index (χ1v) is 7.20. The van der Waals surface area contributed by atoms with Gasteiger partial charge in [0, 0.05) is 4.47 Å². The molecule has 0 aromatic heterocycles. The second kappa shape index (κ2) is 5.60. The zero-order valence-corrected chi connectivity index (χ0v) is 11.9. The van der Waals surface area contributed by atoms with E-state index in [9.17, 15) is 17.2 Å². The molecule has 1 rings (SSSR count). The third-order valence-electron chi connectivity index (χ3n) is 2.19. The van der Waals surface area contributed by atoms with Crippen molar-refractivity contribution in [2.45, 2.75) is 17.7 Å². The second-order valence-electron chi connectivity index (χ2n) is 3.75. The molecule has 1 aromatic carbocycles. The summed E-state index contributed by atoms with van der Waals surface area (Å²) >= 11 is 3.11. The molecule has 0 saturated carbocycles. The minimum atomic E-state index is -4.03. The fraction of sp³-hybridized carbons (Fsp3) is 0.400. The molecule has 0 saturated heterocycles. The fourth-order valence-corrected chi connectivity index (χ4v) is 3.04. The standard InChI is InChI=1S/C10H12BrF2NO3S/c1-7-2-3-8(11)4-9(7)18(16,17)14-5-10(12,13)6-15/h2-4,14-15H,5-6H2,1H3. The summed E-state index contributed by atoms with van der Waals surface area (Å²) in [6, 6.07) is 4.54. The van der Waals surface area contributed by atoms with Gasteiger partial charge in [0.15, 0.2) is 0 Å². The Hall–Kier alpha value is -0.570. The Labute approximate surface area is 112 Å². The van der Waals surface area contributed by atoms with Gasteiger partial charge in [-0.2, -0.15) is 0 Å². The summed E-state index contributed by atoms with van der Waals surface area (Å²) in [7, 11) is -4.03. The lowest BCUT2D eigenvalue weighted by Gasteiger charge is -2.15. The van der Waals surface area contributed by atoms with Crippen LogP contribution in [0.1, 0.15) is 5.56 Å². The van der Waals surface area contributed by atoms with Gasteiger partial charge in [-0.05, 0) is 24.6 Å². The zero-order chi connectivity index (χ0) is 14.0. The van der Waals surface area contributed by atoms with E-state index >= 15 is 0 Å². The topological polar surface area (TPSA) is 66.4 Å². The molecule has 8 heteroatoms. The van der Waals surface area contributed by atoms with Crippen molar-refractivity contribution < 1.29 is 22.3 Å². The molecule has 1 aromatic rings. The normalized spacial score (nSPS) is 12.7. The molecule has 0 spiro atoms. The van der Waals surface area contributed by atoms with Gasteiger partial charge in [0.1, 0.15) is 6.61 Å². The molecule has 0 radical (unpaired) electrons. The van der Waals surface area contributed by atoms with Gasteiger partial charge in [0.05, 0.1) is 11.4 Å². The van der Waals surface area contributed by atoms with E-state index in [2.05, 4.69) is 15.9 Å². The minimum absolute atomic E-state index is 0.0781. The van der Waals surface area contributed by atoms with Gasteiger partial charge >= 0.3 is 0 Å². The molecule has 0 aliphatic carbocycles. The molecule has 18 heavy (non-hydrogen) atoms. The number of halogens is 3. The van der Waals surface area contributed by atoms with Gasteiger partial charge in [-0.15, -0.1) is 0 Å². The average molecular weight is 344 g/mol. The molecule has 0 bridgehead atoms. The predicted molar refractivity (Wildman–Crippen MR) is 66.1 cm³/mol. The second-order valence-corrected chi connectivity index (χ2v) is 6.40. The van der Waals surface area contributed by atoms with Crippen molar-refractivity contribution in [1.82, 2.24) is 4.72 Å². The van der Waals surface area contributed by atoms with Crippen LogP contribution in [0.25, 0.3) is 0 Å². The van der Waals surface area contributed by atoms with Crippen LogP contribution in [-0.4, -0.2) is 32.6 Å². The van der Waals surface area contributed by atoms with E-state index in [1.54, 1.807) is 23.8 Å². The summed E-state index contributed by atoms with van der Waals surface area (Å²) < 4.78 is 51.5. The lowest BCUT2D eigenvalue weighted by Crippen LogP contribution is -2.39.